The molecule has 2 atom stereocenters. The van der Waals surface area contributed by atoms with Crippen LogP contribution < -0.4 is 17.0 Å². The zero-order chi connectivity index (χ0) is 31.0. The number of aliphatic hydroxyl groups excluding tert-OH is 2. The van der Waals surface area contributed by atoms with Gasteiger partial charge >= 0.3 is 0 Å². The maximum absolute atomic E-state index is 11.2. The predicted octanol–water partition coefficient (Wildman–Crippen LogP) is 8.78. The summed E-state index contributed by atoms with van der Waals surface area (Å²) in [4.78, 5) is 0. The molecule has 0 bridgehead atoms. The first-order valence-electron chi connectivity index (χ1n) is 19.6. The average molecular weight is 677 g/mol. The van der Waals surface area contributed by atoms with Gasteiger partial charge in [-0.3, -0.25) is 0 Å². The summed E-state index contributed by atoms with van der Waals surface area (Å²) in [6.07, 6.45) is 40.8. The fraction of sp³-hybridized carbons (Fsp3) is 1.00. The first-order valence-corrected chi connectivity index (χ1v) is 19.6. The monoisotopic (exact) mass is 676 g/mol. The van der Waals surface area contributed by atoms with Crippen LogP contribution in [-0.4, -0.2) is 54.6 Å². The first kappa shape index (κ1) is 45.5. The predicted molar refractivity (Wildman–Crippen MR) is 188 cm³/mol. The molecule has 0 radical (unpaired) electrons. The molecule has 43 heavy (non-hydrogen) atoms. The van der Waals surface area contributed by atoms with Crippen LogP contribution in [0.3, 0.4) is 0 Å². The van der Waals surface area contributed by atoms with Crippen LogP contribution in [0.2, 0.25) is 0 Å². The van der Waals surface area contributed by atoms with Gasteiger partial charge in [0.2, 0.25) is 0 Å². The molecular weight excluding hydrogens is 594 g/mol. The smallest absolute Gasteiger partial charge is 0.102 e. The fourth-order valence-electron chi connectivity index (χ4n) is 6.79. The normalized spacial score (nSPS) is 13.3. The van der Waals surface area contributed by atoms with Crippen molar-refractivity contribution in [3.8, 4) is 0 Å². The first-order chi connectivity index (χ1) is 20.5. The van der Waals surface area contributed by atoms with Gasteiger partial charge in [-0.1, -0.05) is 194 Å². The van der Waals surface area contributed by atoms with Gasteiger partial charge in [0.1, 0.15) is 6.54 Å². The van der Waals surface area contributed by atoms with Gasteiger partial charge in [-0.25, -0.2) is 0 Å². The number of hydrogen-bond acceptors (Lipinski definition) is 2. The summed E-state index contributed by atoms with van der Waals surface area (Å²) in [5.41, 5.74) is 0. The number of aliphatic hydroxyl groups is 2. The summed E-state index contributed by atoms with van der Waals surface area (Å²) < 4.78 is 0.815. The van der Waals surface area contributed by atoms with Crippen molar-refractivity contribution in [2.45, 2.75) is 213 Å². The second-order valence-corrected chi connectivity index (χ2v) is 14.7. The Morgan fingerprint density at radius 1 is 0.442 bits per heavy atom. The van der Waals surface area contributed by atoms with Crippen LogP contribution in [0.1, 0.15) is 206 Å². The Morgan fingerprint density at radius 3 is 1.02 bits per heavy atom. The van der Waals surface area contributed by atoms with E-state index in [-0.39, 0.29) is 29.7 Å². The van der Waals surface area contributed by atoms with Gasteiger partial charge in [-0.05, 0) is 12.8 Å². The Morgan fingerprint density at radius 2 is 0.721 bits per heavy atom. The Labute approximate surface area is 283 Å². The lowest BCUT2D eigenvalue weighted by atomic mass is 9.90. The van der Waals surface area contributed by atoms with E-state index in [4.69, 9.17) is 0 Å². The largest absolute Gasteiger partial charge is 1.00 e. The summed E-state index contributed by atoms with van der Waals surface area (Å²) in [5, 5.41) is 20.7. The maximum Gasteiger partial charge on any atom is 0.102 e. The van der Waals surface area contributed by atoms with Gasteiger partial charge in [0, 0.05) is 5.92 Å². The number of unbranched alkanes of at least 4 members (excludes halogenated alkanes) is 26. The SMILES string of the molecule is CCCCCCCCCCCCCCCCC(O)C(CCCCCCCCCCCCCCCC)C[N+](C)(C)CCO.[Br-]. The Hall–Kier alpha value is 0.360. The lowest BCUT2D eigenvalue weighted by Crippen LogP contribution is -3.00. The molecule has 4 heteroatoms. The molecule has 262 valence electrons. The topological polar surface area (TPSA) is 40.5 Å². The number of rotatable bonds is 35. The highest BCUT2D eigenvalue weighted by Gasteiger charge is 2.27. The summed E-state index contributed by atoms with van der Waals surface area (Å²) in [5.74, 6) is 0.367. The van der Waals surface area contributed by atoms with Crippen molar-refractivity contribution >= 4 is 0 Å². The second-order valence-electron chi connectivity index (χ2n) is 14.7. The lowest BCUT2D eigenvalue weighted by Gasteiger charge is -2.35. The summed E-state index contributed by atoms with van der Waals surface area (Å²) >= 11 is 0. The number of hydrogen-bond donors (Lipinski definition) is 2. The van der Waals surface area contributed by atoms with Crippen molar-refractivity contribution in [1.29, 1.82) is 0 Å². The van der Waals surface area contributed by atoms with Crippen LogP contribution in [0.4, 0.5) is 0 Å². The molecule has 0 rings (SSSR count). The van der Waals surface area contributed by atoms with Crippen molar-refractivity contribution in [2.75, 3.05) is 33.8 Å². The molecule has 0 aliphatic carbocycles. The third-order valence-electron chi connectivity index (χ3n) is 9.76. The second kappa shape index (κ2) is 35.2. The van der Waals surface area contributed by atoms with Crippen molar-refractivity contribution in [1.82, 2.24) is 0 Å². The summed E-state index contributed by atoms with van der Waals surface area (Å²) in [6.45, 7) is 6.58. The number of likely N-dealkylation sites (N-methyl/N-ethyl adjacent to an activating group) is 1. The van der Waals surface area contributed by atoms with Crippen LogP contribution in [0.5, 0.6) is 0 Å². The van der Waals surface area contributed by atoms with Crippen molar-refractivity contribution in [3.05, 3.63) is 0 Å². The third-order valence-corrected chi connectivity index (χ3v) is 9.76. The molecule has 0 aromatic rings. The number of nitrogens with zero attached hydrogens (tertiary/aromatic N) is 1. The Balaban J connectivity index is 0. The molecule has 0 amide bonds. The van der Waals surface area contributed by atoms with Crippen LogP contribution in [0.25, 0.3) is 0 Å². The molecule has 0 aliphatic rings. The molecule has 2 unspecified atom stereocenters. The van der Waals surface area contributed by atoms with Crippen molar-refractivity contribution in [3.63, 3.8) is 0 Å². The Kier molecular flexibility index (Phi) is 37.3. The van der Waals surface area contributed by atoms with Gasteiger partial charge in [0.25, 0.3) is 0 Å². The van der Waals surface area contributed by atoms with Gasteiger partial charge in [-0.15, -0.1) is 0 Å². The molecule has 0 saturated carbocycles. The minimum absolute atomic E-state index is 0. The molecule has 3 nitrogen and oxygen atoms in total. The zero-order valence-electron chi connectivity index (χ0n) is 30.2. The van der Waals surface area contributed by atoms with E-state index in [1.165, 1.54) is 180 Å². The molecule has 0 fully saturated rings. The van der Waals surface area contributed by atoms with E-state index in [1.807, 2.05) is 0 Å². The summed E-state index contributed by atoms with van der Waals surface area (Å²) in [7, 11) is 4.43. The molecule has 0 aromatic carbocycles. The van der Waals surface area contributed by atoms with Crippen molar-refractivity contribution < 1.29 is 31.7 Å². The number of halogens is 1. The number of quaternary nitrogens is 1. The van der Waals surface area contributed by atoms with E-state index in [1.54, 1.807) is 0 Å². The molecule has 0 aliphatic heterocycles. The Bertz CT molecular complexity index is 515. The lowest BCUT2D eigenvalue weighted by molar-refractivity contribution is -0.894. The molecule has 0 spiro atoms. The quantitative estimate of drug-likeness (QED) is 0.0521. The van der Waals surface area contributed by atoms with Gasteiger partial charge in [0.05, 0.1) is 33.4 Å². The highest BCUT2D eigenvalue weighted by atomic mass is 79.9. The average Bonchev–Trinajstić information content (AvgIpc) is 2.96. The minimum atomic E-state index is -0.180. The van der Waals surface area contributed by atoms with E-state index >= 15 is 0 Å². The van der Waals surface area contributed by atoms with Gasteiger partial charge in [0.15, 0.2) is 0 Å². The van der Waals surface area contributed by atoms with Crippen molar-refractivity contribution in [2.24, 2.45) is 5.92 Å². The van der Waals surface area contributed by atoms with Crippen LogP contribution in [-0.2, 0) is 0 Å². The van der Waals surface area contributed by atoms with Gasteiger partial charge in [-0.2, -0.15) is 0 Å². The molecule has 0 saturated heterocycles. The highest BCUT2D eigenvalue weighted by molar-refractivity contribution is 4.70. The molecule has 2 N–H and O–H groups in total. The summed E-state index contributed by atoms with van der Waals surface area (Å²) in [6, 6.07) is 0. The standard InChI is InChI=1S/C39H82NO2.BrH/c1-5-7-9-11-13-15-17-19-21-23-25-27-29-31-33-38(37-40(3,4)35-36-41)39(42)34-32-30-28-26-24-22-20-18-16-14-12-10-8-6-2;/h38-39,41-42H,5-37H2,1-4H3;1H/q+1;/p-1. The fourth-order valence-corrected chi connectivity index (χ4v) is 6.79. The zero-order valence-corrected chi connectivity index (χ0v) is 31.8. The molecule has 0 aromatic heterocycles. The van der Waals surface area contributed by atoms with E-state index in [2.05, 4.69) is 27.9 Å². The highest BCUT2D eigenvalue weighted by Crippen LogP contribution is 2.23. The van der Waals surface area contributed by atoms with Crippen LogP contribution in [0.15, 0.2) is 0 Å². The van der Waals surface area contributed by atoms with E-state index in [9.17, 15) is 10.2 Å². The third kappa shape index (κ3) is 33.5. The maximum atomic E-state index is 11.2. The van der Waals surface area contributed by atoms with E-state index in [0.717, 1.165) is 30.4 Å². The molecular formula is C39H82BrNO2. The van der Waals surface area contributed by atoms with Crippen LogP contribution in [0, 0.1) is 5.92 Å². The molecule has 0 heterocycles. The van der Waals surface area contributed by atoms with E-state index < -0.39 is 0 Å². The van der Waals surface area contributed by atoms with Crippen LogP contribution >= 0.6 is 0 Å². The minimum Gasteiger partial charge on any atom is -1.00 e. The van der Waals surface area contributed by atoms with E-state index in [0.29, 0.717) is 5.92 Å². The van der Waals surface area contributed by atoms with Gasteiger partial charge < -0.3 is 31.7 Å².